The number of nitrogens with zero attached hydrogens (tertiary/aromatic N) is 3. The SMILES string of the molecule is O=C(/C=C/c1ccc(Cl)cc1)n1nc(-c2ccccc2)nc1-c1ccccc1. The van der Waals surface area contributed by atoms with Gasteiger partial charge in [0, 0.05) is 22.2 Å². The lowest BCUT2D eigenvalue weighted by Gasteiger charge is -2.01. The number of benzene rings is 3. The number of carbonyl (C=O) groups excluding carboxylic acids is 1. The molecule has 0 saturated heterocycles. The second-order valence-corrected chi connectivity index (χ2v) is 6.56. The summed E-state index contributed by atoms with van der Waals surface area (Å²) in [6, 6.07) is 26.4. The first-order valence-corrected chi connectivity index (χ1v) is 9.14. The number of aromatic nitrogens is 3. The van der Waals surface area contributed by atoms with E-state index in [9.17, 15) is 4.79 Å². The van der Waals surface area contributed by atoms with E-state index >= 15 is 0 Å². The number of carbonyl (C=O) groups is 1. The lowest BCUT2D eigenvalue weighted by molar-refractivity contribution is 0.0957. The Morgan fingerprint density at radius 3 is 2.07 bits per heavy atom. The molecule has 4 rings (SSSR count). The first-order chi connectivity index (χ1) is 13.7. The molecule has 0 atom stereocenters. The number of allylic oxidation sites excluding steroid dienone is 1. The average Bonchev–Trinajstić information content (AvgIpc) is 3.20. The van der Waals surface area contributed by atoms with Crippen LogP contribution in [0.1, 0.15) is 10.4 Å². The number of hydrogen-bond donors (Lipinski definition) is 0. The monoisotopic (exact) mass is 385 g/mol. The maximum Gasteiger partial charge on any atom is 0.272 e. The zero-order valence-electron chi connectivity index (χ0n) is 14.9. The first-order valence-electron chi connectivity index (χ1n) is 8.76. The van der Waals surface area contributed by atoms with Crippen molar-refractivity contribution < 1.29 is 4.79 Å². The predicted molar refractivity (Wildman–Crippen MR) is 112 cm³/mol. The molecular formula is C23H16ClN3O. The summed E-state index contributed by atoms with van der Waals surface area (Å²) in [5, 5.41) is 5.12. The molecule has 5 heteroatoms. The molecule has 0 fully saturated rings. The van der Waals surface area contributed by atoms with E-state index in [2.05, 4.69) is 10.1 Å². The van der Waals surface area contributed by atoms with Crippen molar-refractivity contribution in [2.24, 2.45) is 0 Å². The maximum absolute atomic E-state index is 12.9. The zero-order chi connectivity index (χ0) is 19.3. The highest BCUT2D eigenvalue weighted by molar-refractivity contribution is 6.30. The number of rotatable bonds is 4. The highest BCUT2D eigenvalue weighted by Gasteiger charge is 2.16. The highest BCUT2D eigenvalue weighted by Crippen LogP contribution is 2.22. The fraction of sp³-hybridized carbons (Fsp3) is 0. The van der Waals surface area contributed by atoms with Crippen LogP contribution >= 0.6 is 11.6 Å². The van der Waals surface area contributed by atoms with E-state index in [1.54, 1.807) is 18.2 Å². The van der Waals surface area contributed by atoms with Crippen molar-refractivity contribution in [3.05, 3.63) is 102 Å². The highest BCUT2D eigenvalue weighted by atomic mass is 35.5. The van der Waals surface area contributed by atoms with Gasteiger partial charge in [-0.15, -0.1) is 5.10 Å². The molecule has 0 aliphatic heterocycles. The van der Waals surface area contributed by atoms with Gasteiger partial charge in [0.05, 0.1) is 0 Å². The molecule has 0 spiro atoms. The van der Waals surface area contributed by atoms with Crippen LogP contribution in [0.5, 0.6) is 0 Å². The smallest absolute Gasteiger partial charge is 0.267 e. The zero-order valence-corrected chi connectivity index (χ0v) is 15.6. The van der Waals surface area contributed by atoms with E-state index in [0.717, 1.165) is 16.7 Å². The van der Waals surface area contributed by atoms with Crippen molar-refractivity contribution in [3.8, 4) is 22.8 Å². The molecule has 136 valence electrons. The Morgan fingerprint density at radius 1 is 0.821 bits per heavy atom. The van der Waals surface area contributed by atoms with Gasteiger partial charge in [-0.1, -0.05) is 84.4 Å². The van der Waals surface area contributed by atoms with Gasteiger partial charge in [0.15, 0.2) is 11.6 Å². The van der Waals surface area contributed by atoms with Crippen LogP contribution in [0.3, 0.4) is 0 Å². The van der Waals surface area contributed by atoms with Crippen LogP contribution in [0.4, 0.5) is 0 Å². The van der Waals surface area contributed by atoms with Crippen LogP contribution < -0.4 is 0 Å². The number of hydrogen-bond acceptors (Lipinski definition) is 3. The summed E-state index contributed by atoms with van der Waals surface area (Å²) in [6.07, 6.45) is 3.22. The molecule has 0 bridgehead atoms. The molecule has 0 unspecified atom stereocenters. The normalized spacial score (nSPS) is 11.0. The van der Waals surface area contributed by atoms with Gasteiger partial charge in [0.2, 0.25) is 0 Å². The lowest BCUT2D eigenvalue weighted by Crippen LogP contribution is -2.11. The van der Waals surface area contributed by atoms with Crippen molar-refractivity contribution >= 4 is 23.6 Å². The largest absolute Gasteiger partial charge is 0.272 e. The molecule has 28 heavy (non-hydrogen) atoms. The summed E-state index contributed by atoms with van der Waals surface area (Å²) in [5.41, 5.74) is 2.56. The third kappa shape index (κ3) is 3.92. The quantitative estimate of drug-likeness (QED) is 0.428. The molecule has 3 aromatic carbocycles. The van der Waals surface area contributed by atoms with Crippen LogP contribution in [0, 0.1) is 0 Å². The number of halogens is 1. The second-order valence-electron chi connectivity index (χ2n) is 6.13. The Morgan fingerprint density at radius 2 is 1.43 bits per heavy atom. The van der Waals surface area contributed by atoms with Crippen LogP contribution in [0.15, 0.2) is 91.0 Å². The lowest BCUT2D eigenvalue weighted by atomic mass is 10.2. The Labute approximate surface area is 167 Å². The van der Waals surface area contributed by atoms with E-state index in [0.29, 0.717) is 16.7 Å². The first kappa shape index (κ1) is 17.9. The Hall–Kier alpha value is -3.50. The Kier molecular flexibility index (Phi) is 5.13. The molecule has 0 amide bonds. The van der Waals surface area contributed by atoms with Gasteiger partial charge in [-0.2, -0.15) is 4.68 Å². The van der Waals surface area contributed by atoms with Crippen molar-refractivity contribution in [2.45, 2.75) is 0 Å². The van der Waals surface area contributed by atoms with Gasteiger partial charge in [-0.3, -0.25) is 4.79 Å². The van der Waals surface area contributed by atoms with Gasteiger partial charge < -0.3 is 0 Å². The topological polar surface area (TPSA) is 47.8 Å². The second kappa shape index (κ2) is 8.03. The van der Waals surface area contributed by atoms with Gasteiger partial charge in [-0.05, 0) is 23.8 Å². The van der Waals surface area contributed by atoms with E-state index in [1.165, 1.54) is 10.8 Å². The summed E-state index contributed by atoms with van der Waals surface area (Å²) in [6.45, 7) is 0. The van der Waals surface area contributed by atoms with Crippen molar-refractivity contribution in [1.29, 1.82) is 0 Å². The predicted octanol–water partition coefficient (Wildman–Crippen LogP) is 5.62. The Bertz CT molecular complexity index is 1120. The summed E-state index contributed by atoms with van der Waals surface area (Å²) in [5.74, 6) is 0.737. The van der Waals surface area contributed by atoms with Gasteiger partial charge >= 0.3 is 0 Å². The molecule has 0 aliphatic carbocycles. The third-order valence-electron chi connectivity index (χ3n) is 4.17. The summed E-state index contributed by atoms with van der Waals surface area (Å²) in [4.78, 5) is 17.5. The minimum atomic E-state index is -0.275. The van der Waals surface area contributed by atoms with Crippen molar-refractivity contribution in [3.63, 3.8) is 0 Å². The standard InChI is InChI=1S/C23H16ClN3O/c24-20-14-11-17(12-15-20)13-16-21(28)27-23(19-9-5-2-6-10-19)25-22(26-27)18-7-3-1-4-8-18/h1-16H/b16-13+. The summed E-state index contributed by atoms with van der Waals surface area (Å²) < 4.78 is 1.34. The van der Waals surface area contributed by atoms with Crippen LogP contribution in [-0.4, -0.2) is 20.7 Å². The van der Waals surface area contributed by atoms with Gasteiger partial charge in [0.1, 0.15) is 0 Å². The van der Waals surface area contributed by atoms with Crippen LogP contribution in [-0.2, 0) is 0 Å². The van der Waals surface area contributed by atoms with Crippen molar-refractivity contribution in [1.82, 2.24) is 14.8 Å². The summed E-state index contributed by atoms with van der Waals surface area (Å²) >= 11 is 5.91. The van der Waals surface area contributed by atoms with Crippen LogP contribution in [0.25, 0.3) is 28.9 Å². The van der Waals surface area contributed by atoms with E-state index < -0.39 is 0 Å². The fourth-order valence-electron chi connectivity index (χ4n) is 2.76. The van der Waals surface area contributed by atoms with Gasteiger partial charge in [0.25, 0.3) is 5.91 Å². The molecule has 1 aromatic heterocycles. The minimum absolute atomic E-state index is 0.275. The maximum atomic E-state index is 12.9. The molecule has 0 radical (unpaired) electrons. The molecular weight excluding hydrogens is 370 g/mol. The summed E-state index contributed by atoms with van der Waals surface area (Å²) in [7, 11) is 0. The van der Waals surface area contributed by atoms with E-state index in [1.807, 2.05) is 72.8 Å². The average molecular weight is 386 g/mol. The molecule has 4 nitrogen and oxygen atoms in total. The van der Waals surface area contributed by atoms with E-state index in [-0.39, 0.29) is 5.91 Å². The molecule has 0 saturated carbocycles. The molecule has 4 aromatic rings. The minimum Gasteiger partial charge on any atom is -0.267 e. The third-order valence-corrected chi connectivity index (χ3v) is 4.42. The van der Waals surface area contributed by atoms with Gasteiger partial charge in [-0.25, -0.2) is 4.98 Å². The van der Waals surface area contributed by atoms with E-state index in [4.69, 9.17) is 11.6 Å². The fourth-order valence-corrected chi connectivity index (χ4v) is 2.89. The Balaban J connectivity index is 1.73. The van der Waals surface area contributed by atoms with Crippen molar-refractivity contribution in [2.75, 3.05) is 0 Å². The molecule has 0 aliphatic rings. The van der Waals surface area contributed by atoms with Crippen LogP contribution in [0.2, 0.25) is 5.02 Å². The molecule has 0 N–H and O–H groups in total. The molecule has 1 heterocycles.